The van der Waals surface area contributed by atoms with Crippen LogP contribution in [0.15, 0.2) is 24.3 Å². The molecule has 106 valence electrons. The zero-order chi connectivity index (χ0) is 14.3. The molecule has 0 aliphatic carbocycles. The van der Waals surface area contributed by atoms with Crippen molar-refractivity contribution in [1.82, 2.24) is 5.32 Å². The van der Waals surface area contributed by atoms with Crippen LogP contribution in [0.25, 0.3) is 0 Å². The summed E-state index contributed by atoms with van der Waals surface area (Å²) in [5, 5.41) is 2.80. The molecule has 0 atom stereocenters. The molecule has 1 N–H and O–H groups in total. The quantitative estimate of drug-likeness (QED) is 0.857. The Morgan fingerprint density at radius 3 is 2.68 bits per heavy atom. The van der Waals surface area contributed by atoms with Crippen LogP contribution in [0.5, 0.6) is 5.75 Å². The Morgan fingerprint density at radius 2 is 2.05 bits per heavy atom. The van der Waals surface area contributed by atoms with Gasteiger partial charge in [0.1, 0.15) is 18.0 Å². The smallest absolute Gasteiger partial charge is 0.245 e. The van der Waals surface area contributed by atoms with Gasteiger partial charge in [0.25, 0.3) is 0 Å². The number of ether oxygens (including phenoxy) is 2. The van der Waals surface area contributed by atoms with E-state index in [1.807, 2.05) is 45.0 Å². The summed E-state index contributed by atoms with van der Waals surface area (Å²) >= 11 is 0. The molecule has 4 nitrogen and oxygen atoms in total. The fourth-order valence-electron chi connectivity index (χ4n) is 1.65. The molecule has 19 heavy (non-hydrogen) atoms. The summed E-state index contributed by atoms with van der Waals surface area (Å²) < 4.78 is 10.5. The first-order chi connectivity index (χ1) is 8.90. The second kappa shape index (κ2) is 7.14. The van der Waals surface area contributed by atoms with Gasteiger partial charge in [-0.2, -0.15) is 0 Å². The lowest BCUT2D eigenvalue weighted by Crippen LogP contribution is -2.29. The lowest BCUT2D eigenvalue weighted by atomic mass is 10.1. The Morgan fingerprint density at radius 1 is 1.32 bits per heavy atom. The summed E-state index contributed by atoms with van der Waals surface area (Å²) in [6.07, 6.45) is 0.775. The first-order valence-corrected chi connectivity index (χ1v) is 6.44. The molecule has 0 aromatic heterocycles. The summed E-state index contributed by atoms with van der Waals surface area (Å²) in [5.41, 5.74) is 0.935. The Hall–Kier alpha value is -1.55. The van der Waals surface area contributed by atoms with Gasteiger partial charge in [0.15, 0.2) is 0 Å². The molecule has 0 bridgehead atoms. The SMILES string of the molecule is COCC(=O)NCCc1cccc(OC(C)(C)C)c1. The molecule has 0 aliphatic heterocycles. The molecule has 1 aromatic rings. The summed E-state index contributed by atoms with van der Waals surface area (Å²) in [7, 11) is 1.51. The van der Waals surface area contributed by atoms with E-state index in [1.54, 1.807) is 0 Å². The monoisotopic (exact) mass is 265 g/mol. The molecule has 1 aromatic carbocycles. The van der Waals surface area contributed by atoms with Crippen molar-refractivity contribution >= 4 is 5.91 Å². The van der Waals surface area contributed by atoms with Crippen molar-refractivity contribution in [3.63, 3.8) is 0 Å². The fraction of sp³-hybridized carbons (Fsp3) is 0.533. The van der Waals surface area contributed by atoms with Gasteiger partial charge in [-0.25, -0.2) is 0 Å². The Bertz CT molecular complexity index is 410. The van der Waals surface area contributed by atoms with Gasteiger partial charge < -0.3 is 14.8 Å². The topological polar surface area (TPSA) is 47.6 Å². The van der Waals surface area contributed by atoms with E-state index in [0.29, 0.717) is 6.54 Å². The highest BCUT2D eigenvalue weighted by Gasteiger charge is 2.11. The van der Waals surface area contributed by atoms with Crippen LogP contribution in [-0.2, 0) is 16.0 Å². The van der Waals surface area contributed by atoms with E-state index >= 15 is 0 Å². The summed E-state index contributed by atoms with van der Waals surface area (Å²) in [5.74, 6) is 0.762. The number of methoxy groups -OCH3 is 1. The van der Waals surface area contributed by atoms with Crippen LogP contribution in [0.4, 0.5) is 0 Å². The Labute approximate surface area is 115 Å². The molecule has 0 aliphatic rings. The van der Waals surface area contributed by atoms with Crippen LogP contribution in [0.1, 0.15) is 26.3 Å². The van der Waals surface area contributed by atoms with Crippen molar-refractivity contribution in [3.8, 4) is 5.75 Å². The largest absolute Gasteiger partial charge is 0.488 e. The third-order valence-corrected chi connectivity index (χ3v) is 2.33. The van der Waals surface area contributed by atoms with Crippen molar-refractivity contribution in [3.05, 3.63) is 29.8 Å². The highest BCUT2D eigenvalue weighted by atomic mass is 16.5. The first kappa shape index (κ1) is 15.5. The van der Waals surface area contributed by atoms with Crippen molar-refractivity contribution < 1.29 is 14.3 Å². The van der Waals surface area contributed by atoms with E-state index in [9.17, 15) is 4.79 Å². The zero-order valence-corrected chi connectivity index (χ0v) is 12.2. The maximum Gasteiger partial charge on any atom is 0.245 e. The predicted molar refractivity (Wildman–Crippen MR) is 75.4 cm³/mol. The third-order valence-electron chi connectivity index (χ3n) is 2.33. The van der Waals surface area contributed by atoms with Gasteiger partial charge in [0.2, 0.25) is 5.91 Å². The highest BCUT2D eigenvalue weighted by Crippen LogP contribution is 2.19. The summed E-state index contributed by atoms with van der Waals surface area (Å²) in [6.45, 7) is 6.76. The third kappa shape index (κ3) is 6.82. The molecule has 0 unspecified atom stereocenters. The van der Waals surface area contributed by atoms with Gasteiger partial charge >= 0.3 is 0 Å². The lowest BCUT2D eigenvalue weighted by molar-refractivity contribution is -0.124. The summed E-state index contributed by atoms with van der Waals surface area (Å²) in [6, 6.07) is 7.94. The van der Waals surface area contributed by atoms with E-state index in [0.717, 1.165) is 17.7 Å². The van der Waals surface area contributed by atoms with Crippen molar-refractivity contribution in [1.29, 1.82) is 0 Å². The van der Waals surface area contributed by atoms with Gasteiger partial charge in [-0.05, 0) is 44.9 Å². The molecular weight excluding hydrogens is 242 g/mol. The van der Waals surface area contributed by atoms with Gasteiger partial charge in [0, 0.05) is 13.7 Å². The Balaban J connectivity index is 2.46. The minimum absolute atomic E-state index is 0.0930. The number of hydrogen-bond donors (Lipinski definition) is 1. The van der Waals surface area contributed by atoms with Gasteiger partial charge in [-0.3, -0.25) is 4.79 Å². The molecular formula is C15H23NO3. The standard InChI is InChI=1S/C15H23NO3/c1-15(2,3)19-13-7-5-6-12(10-13)8-9-16-14(17)11-18-4/h5-7,10H,8-9,11H2,1-4H3,(H,16,17). The van der Waals surface area contributed by atoms with Crippen LogP contribution in [0.2, 0.25) is 0 Å². The molecule has 4 heteroatoms. The molecule has 1 rings (SSSR count). The predicted octanol–water partition coefficient (Wildman–Crippen LogP) is 2.17. The van der Waals surface area contributed by atoms with Crippen molar-refractivity contribution in [2.45, 2.75) is 32.8 Å². The van der Waals surface area contributed by atoms with E-state index in [1.165, 1.54) is 7.11 Å². The molecule has 0 fully saturated rings. The van der Waals surface area contributed by atoms with Crippen LogP contribution < -0.4 is 10.1 Å². The van der Waals surface area contributed by atoms with Crippen LogP contribution in [0, 0.1) is 0 Å². The fourth-order valence-corrected chi connectivity index (χ4v) is 1.65. The molecule has 0 heterocycles. The van der Waals surface area contributed by atoms with Crippen molar-refractivity contribution in [2.75, 3.05) is 20.3 Å². The van der Waals surface area contributed by atoms with Gasteiger partial charge in [-0.1, -0.05) is 12.1 Å². The van der Waals surface area contributed by atoms with E-state index in [2.05, 4.69) is 5.32 Å². The zero-order valence-electron chi connectivity index (χ0n) is 12.2. The first-order valence-electron chi connectivity index (χ1n) is 6.44. The molecule has 0 radical (unpaired) electrons. The minimum Gasteiger partial charge on any atom is -0.488 e. The van der Waals surface area contributed by atoms with Crippen LogP contribution in [0.3, 0.4) is 0 Å². The number of nitrogens with one attached hydrogen (secondary N) is 1. The number of carbonyl (C=O) groups is 1. The lowest BCUT2D eigenvalue weighted by Gasteiger charge is -2.21. The maximum absolute atomic E-state index is 11.2. The van der Waals surface area contributed by atoms with Gasteiger partial charge in [0.05, 0.1) is 0 Å². The average molecular weight is 265 g/mol. The maximum atomic E-state index is 11.2. The highest BCUT2D eigenvalue weighted by molar-refractivity contribution is 5.77. The molecule has 1 amide bonds. The van der Waals surface area contributed by atoms with Crippen molar-refractivity contribution in [2.24, 2.45) is 0 Å². The molecule has 0 saturated heterocycles. The normalized spacial score (nSPS) is 11.2. The number of carbonyl (C=O) groups excluding carboxylic acids is 1. The van der Waals surface area contributed by atoms with E-state index in [-0.39, 0.29) is 18.1 Å². The number of amides is 1. The minimum atomic E-state index is -0.203. The molecule has 0 saturated carbocycles. The van der Waals surface area contributed by atoms with E-state index in [4.69, 9.17) is 9.47 Å². The van der Waals surface area contributed by atoms with E-state index < -0.39 is 0 Å². The number of benzene rings is 1. The average Bonchev–Trinajstić information content (AvgIpc) is 2.27. The number of rotatable bonds is 6. The second-order valence-electron chi connectivity index (χ2n) is 5.39. The summed E-state index contributed by atoms with van der Waals surface area (Å²) in [4.78, 5) is 11.2. The molecule has 0 spiro atoms. The van der Waals surface area contributed by atoms with Crippen LogP contribution >= 0.6 is 0 Å². The number of hydrogen-bond acceptors (Lipinski definition) is 3. The van der Waals surface area contributed by atoms with Crippen LogP contribution in [-0.4, -0.2) is 31.8 Å². The van der Waals surface area contributed by atoms with Gasteiger partial charge in [-0.15, -0.1) is 0 Å². The second-order valence-corrected chi connectivity index (χ2v) is 5.39. The Kier molecular flexibility index (Phi) is 5.83.